The van der Waals surface area contributed by atoms with Gasteiger partial charge in [0.2, 0.25) is 0 Å². The molecular formula is C16H25ClFN. The number of hydrogen-bond acceptors (Lipinski definition) is 1. The van der Waals surface area contributed by atoms with E-state index in [1.54, 1.807) is 0 Å². The van der Waals surface area contributed by atoms with Crippen molar-refractivity contribution >= 4 is 11.6 Å². The Labute approximate surface area is 121 Å². The Balaban J connectivity index is 2.87. The molecule has 1 aromatic carbocycles. The van der Waals surface area contributed by atoms with E-state index in [1.807, 2.05) is 6.07 Å². The molecule has 0 amide bonds. The maximum Gasteiger partial charge on any atom is 0.124 e. The maximum atomic E-state index is 13.2. The first-order valence-corrected chi connectivity index (χ1v) is 7.63. The van der Waals surface area contributed by atoms with Gasteiger partial charge in [-0.05, 0) is 36.6 Å². The summed E-state index contributed by atoms with van der Waals surface area (Å²) in [7, 11) is 0. The summed E-state index contributed by atoms with van der Waals surface area (Å²) in [5.74, 6) is 0.620. The fraction of sp³-hybridized carbons (Fsp3) is 0.625. The van der Waals surface area contributed by atoms with E-state index in [2.05, 4.69) is 26.1 Å². The summed E-state index contributed by atoms with van der Waals surface area (Å²) in [5, 5.41) is 4.01. The van der Waals surface area contributed by atoms with Crippen LogP contribution >= 0.6 is 11.6 Å². The number of halogens is 2. The fourth-order valence-corrected chi connectivity index (χ4v) is 2.82. The van der Waals surface area contributed by atoms with Gasteiger partial charge >= 0.3 is 0 Å². The Hall–Kier alpha value is -0.600. The third kappa shape index (κ3) is 5.12. The lowest BCUT2D eigenvalue weighted by atomic mass is 9.84. The molecule has 2 unspecified atom stereocenters. The quantitative estimate of drug-likeness (QED) is 0.663. The molecule has 0 radical (unpaired) electrons. The first-order valence-electron chi connectivity index (χ1n) is 7.25. The standard InChI is InChI=1S/C16H25ClFN/c1-4-6-12(3)15(11-19-9-5-2)14-8-7-13(18)10-16(14)17/h7-8,10,12,15,19H,4-6,9,11H2,1-3H3. The van der Waals surface area contributed by atoms with Crippen LogP contribution in [0.4, 0.5) is 4.39 Å². The first-order chi connectivity index (χ1) is 9.10. The molecule has 0 aliphatic rings. The highest BCUT2D eigenvalue weighted by Crippen LogP contribution is 2.32. The predicted molar refractivity (Wildman–Crippen MR) is 81.4 cm³/mol. The lowest BCUT2D eigenvalue weighted by Gasteiger charge is -2.25. The second-order valence-corrected chi connectivity index (χ2v) is 5.65. The normalized spacial score (nSPS) is 14.4. The third-order valence-corrected chi connectivity index (χ3v) is 3.91. The van der Waals surface area contributed by atoms with Gasteiger partial charge in [0, 0.05) is 17.5 Å². The smallest absolute Gasteiger partial charge is 0.124 e. The number of benzene rings is 1. The average molecular weight is 286 g/mol. The van der Waals surface area contributed by atoms with E-state index in [1.165, 1.54) is 12.1 Å². The summed E-state index contributed by atoms with van der Waals surface area (Å²) in [6.45, 7) is 8.51. The summed E-state index contributed by atoms with van der Waals surface area (Å²) in [5.41, 5.74) is 1.06. The molecule has 19 heavy (non-hydrogen) atoms. The third-order valence-electron chi connectivity index (χ3n) is 3.58. The summed E-state index contributed by atoms with van der Waals surface area (Å²) in [6.07, 6.45) is 3.43. The van der Waals surface area contributed by atoms with Crippen LogP contribution in [-0.2, 0) is 0 Å². The minimum Gasteiger partial charge on any atom is -0.316 e. The van der Waals surface area contributed by atoms with E-state index in [-0.39, 0.29) is 5.82 Å². The summed E-state index contributed by atoms with van der Waals surface area (Å²) < 4.78 is 13.2. The molecule has 0 saturated carbocycles. The van der Waals surface area contributed by atoms with E-state index in [4.69, 9.17) is 11.6 Å². The van der Waals surface area contributed by atoms with Gasteiger partial charge in [-0.3, -0.25) is 0 Å². The summed E-state index contributed by atoms with van der Waals surface area (Å²) in [6, 6.07) is 4.76. The van der Waals surface area contributed by atoms with Crippen molar-refractivity contribution in [2.24, 2.45) is 5.92 Å². The van der Waals surface area contributed by atoms with Crippen molar-refractivity contribution in [2.45, 2.75) is 46.0 Å². The number of hydrogen-bond donors (Lipinski definition) is 1. The highest BCUT2D eigenvalue weighted by Gasteiger charge is 2.21. The van der Waals surface area contributed by atoms with Gasteiger partial charge in [-0.1, -0.05) is 51.3 Å². The maximum absolute atomic E-state index is 13.2. The van der Waals surface area contributed by atoms with Gasteiger partial charge in [0.25, 0.3) is 0 Å². The highest BCUT2D eigenvalue weighted by molar-refractivity contribution is 6.31. The molecule has 0 bridgehead atoms. The van der Waals surface area contributed by atoms with Crippen LogP contribution < -0.4 is 5.32 Å². The molecule has 0 spiro atoms. The van der Waals surface area contributed by atoms with E-state index >= 15 is 0 Å². The van der Waals surface area contributed by atoms with Gasteiger partial charge in [-0.15, -0.1) is 0 Å². The van der Waals surface area contributed by atoms with Crippen LogP contribution in [0.25, 0.3) is 0 Å². The Morgan fingerprint density at radius 1 is 1.26 bits per heavy atom. The Bertz CT molecular complexity index is 381. The molecule has 0 saturated heterocycles. The molecular weight excluding hydrogens is 261 g/mol. The topological polar surface area (TPSA) is 12.0 Å². The van der Waals surface area contributed by atoms with Crippen molar-refractivity contribution < 1.29 is 4.39 Å². The van der Waals surface area contributed by atoms with Crippen molar-refractivity contribution in [3.8, 4) is 0 Å². The Kier molecular flexibility index (Phi) is 7.40. The van der Waals surface area contributed by atoms with Crippen LogP contribution in [0, 0.1) is 11.7 Å². The van der Waals surface area contributed by atoms with E-state index < -0.39 is 0 Å². The van der Waals surface area contributed by atoms with Crippen molar-refractivity contribution in [3.05, 3.63) is 34.6 Å². The molecule has 1 rings (SSSR count). The monoisotopic (exact) mass is 285 g/mol. The second-order valence-electron chi connectivity index (χ2n) is 5.24. The molecule has 0 aromatic heterocycles. The molecule has 0 fully saturated rings. The Morgan fingerprint density at radius 2 is 2.00 bits per heavy atom. The first kappa shape index (κ1) is 16.5. The summed E-state index contributed by atoms with van der Waals surface area (Å²) >= 11 is 6.21. The molecule has 3 heteroatoms. The second kappa shape index (κ2) is 8.55. The van der Waals surface area contributed by atoms with Crippen LogP contribution in [0.3, 0.4) is 0 Å². The molecule has 2 atom stereocenters. The van der Waals surface area contributed by atoms with Gasteiger partial charge in [0.15, 0.2) is 0 Å². The zero-order valence-electron chi connectivity index (χ0n) is 12.2. The molecule has 0 heterocycles. The number of nitrogens with one attached hydrogen (secondary N) is 1. The predicted octanol–water partition coefficient (Wildman–Crippen LogP) is 5.00. The van der Waals surface area contributed by atoms with Crippen LogP contribution in [-0.4, -0.2) is 13.1 Å². The van der Waals surface area contributed by atoms with Gasteiger partial charge < -0.3 is 5.32 Å². The van der Waals surface area contributed by atoms with Crippen LogP contribution in [0.2, 0.25) is 5.02 Å². The van der Waals surface area contributed by atoms with Crippen LogP contribution in [0.1, 0.15) is 51.5 Å². The van der Waals surface area contributed by atoms with Crippen molar-refractivity contribution in [3.63, 3.8) is 0 Å². The van der Waals surface area contributed by atoms with Crippen molar-refractivity contribution in [1.82, 2.24) is 5.32 Å². The lowest BCUT2D eigenvalue weighted by Crippen LogP contribution is -2.26. The summed E-state index contributed by atoms with van der Waals surface area (Å²) in [4.78, 5) is 0. The fourth-order valence-electron chi connectivity index (χ4n) is 2.51. The SMILES string of the molecule is CCCNCC(c1ccc(F)cc1Cl)C(C)CCC. The average Bonchev–Trinajstić information content (AvgIpc) is 2.36. The van der Waals surface area contributed by atoms with Crippen LogP contribution in [0.15, 0.2) is 18.2 Å². The van der Waals surface area contributed by atoms with Gasteiger partial charge in [0.05, 0.1) is 0 Å². The largest absolute Gasteiger partial charge is 0.316 e. The van der Waals surface area contributed by atoms with Crippen molar-refractivity contribution in [2.75, 3.05) is 13.1 Å². The molecule has 0 aliphatic heterocycles. The van der Waals surface area contributed by atoms with E-state index in [0.717, 1.165) is 37.9 Å². The van der Waals surface area contributed by atoms with Crippen LogP contribution in [0.5, 0.6) is 0 Å². The minimum atomic E-state index is -0.267. The molecule has 1 aromatic rings. The van der Waals surface area contributed by atoms with Gasteiger partial charge in [-0.2, -0.15) is 0 Å². The molecule has 1 nitrogen and oxygen atoms in total. The Morgan fingerprint density at radius 3 is 2.58 bits per heavy atom. The van der Waals surface area contributed by atoms with E-state index in [9.17, 15) is 4.39 Å². The van der Waals surface area contributed by atoms with Crippen molar-refractivity contribution in [1.29, 1.82) is 0 Å². The highest BCUT2D eigenvalue weighted by atomic mass is 35.5. The minimum absolute atomic E-state index is 0.267. The van der Waals surface area contributed by atoms with Gasteiger partial charge in [-0.25, -0.2) is 4.39 Å². The zero-order valence-corrected chi connectivity index (χ0v) is 12.9. The number of rotatable bonds is 8. The molecule has 108 valence electrons. The molecule has 1 N–H and O–H groups in total. The zero-order chi connectivity index (χ0) is 14.3. The lowest BCUT2D eigenvalue weighted by molar-refractivity contribution is 0.403. The molecule has 0 aliphatic carbocycles. The van der Waals surface area contributed by atoms with Gasteiger partial charge in [0.1, 0.15) is 5.82 Å². The van der Waals surface area contributed by atoms with E-state index in [0.29, 0.717) is 16.9 Å².